The Hall–Kier alpha value is -1.77. The summed E-state index contributed by atoms with van der Waals surface area (Å²) in [5, 5.41) is 15.4. The predicted octanol–water partition coefficient (Wildman–Crippen LogP) is 5.08. The van der Waals surface area contributed by atoms with E-state index in [-0.39, 0.29) is 23.7 Å². The number of amides is 3. The first-order valence-electron chi connectivity index (χ1n) is 9.98. The number of hydrogen-bond acceptors (Lipinski definition) is 5. The van der Waals surface area contributed by atoms with Gasteiger partial charge in [-0.15, -0.1) is 10.2 Å². The van der Waals surface area contributed by atoms with Crippen molar-refractivity contribution in [2.24, 2.45) is 0 Å². The molecule has 30 heavy (non-hydrogen) atoms. The first-order chi connectivity index (χ1) is 14.3. The molecule has 1 aliphatic carbocycles. The molecule has 7 nitrogen and oxygen atoms in total. The van der Waals surface area contributed by atoms with Gasteiger partial charge in [0, 0.05) is 22.7 Å². The second-order valence-electron chi connectivity index (χ2n) is 7.56. The molecule has 1 fully saturated rings. The van der Waals surface area contributed by atoms with Gasteiger partial charge in [0.25, 0.3) is 0 Å². The van der Waals surface area contributed by atoms with E-state index in [9.17, 15) is 9.59 Å². The van der Waals surface area contributed by atoms with Gasteiger partial charge in [-0.25, -0.2) is 4.79 Å². The van der Waals surface area contributed by atoms with Gasteiger partial charge in [0.1, 0.15) is 0 Å². The van der Waals surface area contributed by atoms with Gasteiger partial charge in [0.15, 0.2) is 11.0 Å². The summed E-state index contributed by atoms with van der Waals surface area (Å²) in [6.45, 7) is 3.66. The first kappa shape index (κ1) is 22.9. The average Bonchev–Trinajstić information content (AvgIpc) is 3.10. The van der Waals surface area contributed by atoms with E-state index in [1.807, 2.05) is 19.9 Å². The lowest BCUT2D eigenvalue weighted by molar-refractivity contribution is -0.117. The number of carbonyl (C=O) groups is 2. The van der Waals surface area contributed by atoms with Crippen LogP contribution < -0.4 is 10.6 Å². The molecule has 0 saturated heterocycles. The number of aromatic nitrogens is 3. The Balaban J connectivity index is 1.81. The largest absolute Gasteiger partial charge is 0.336 e. The van der Waals surface area contributed by atoms with E-state index in [0.717, 1.165) is 31.2 Å². The van der Waals surface area contributed by atoms with Crippen molar-refractivity contribution in [1.29, 1.82) is 0 Å². The number of benzene rings is 1. The summed E-state index contributed by atoms with van der Waals surface area (Å²) in [7, 11) is 0. The highest BCUT2D eigenvalue weighted by atomic mass is 35.5. The number of imide groups is 1. The lowest BCUT2D eigenvalue weighted by atomic mass is 9.95. The van der Waals surface area contributed by atoms with Crippen LogP contribution in [0.15, 0.2) is 23.4 Å². The third kappa shape index (κ3) is 5.89. The van der Waals surface area contributed by atoms with Crippen LogP contribution in [0.2, 0.25) is 10.0 Å². The second kappa shape index (κ2) is 10.5. The van der Waals surface area contributed by atoms with Gasteiger partial charge >= 0.3 is 6.03 Å². The molecule has 2 N–H and O–H groups in total. The van der Waals surface area contributed by atoms with E-state index in [2.05, 4.69) is 25.4 Å². The van der Waals surface area contributed by atoms with E-state index >= 15 is 0 Å². The zero-order chi connectivity index (χ0) is 21.7. The van der Waals surface area contributed by atoms with Crippen LogP contribution in [-0.4, -0.2) is 38.5 Å². The third-order valence-electron chi connectivity index (χ3n) is 4.78. The quantitative estimate of drug-likeness (QED) is 0.575. The van der Waals surface area contributed by atoms with Crippen molar-refractivity contribution in [3.63, 3.8) is 0 Å². The van der Waals surface area contributed by atoms with Crippen LogP contribution in [0.1, 0.15) is 52.0 Å². The highest BCUT2D eigenvalue weighted by molar-refractivity contribution is 7.99. The van der Waals surface area contributed by atoms with E-state index < -0.39 is 6.03 Å². The molecule has 162 valence electrons. The molecule has 0 spiro atoms. The Labute approximate surface area is 190 Å². The molecule has 0 unspecified atom stereocenters. The minimum absolute atomic E-state index is 0.0495. The number of halogens is 2. The number of rotatable bonds is 6. The normalized spacial score (nSPS) is 14.7. The highest BCUT2D eigenvalue weighted by Gasteiger charge is 2.25. The van der Waals surface area contributed by atoms with Gasteiger partial charge in [-0.2, -0.15) is 0 Å². The SMILES string of the molecule is CC(C)NC(=O)NC(=O)CSc1nnc(-c2ccc(Cl)cc2Cl)n1C1CCCCC1. The molecular formula is C20H25Cl2N5O2S. The van der Waals surface area contributed by atoms with Crippen molar-refractivity contribution in [2.75, 3.05) is 5.75 Å². The average molecular weight is 470 g/mol. The van der Waals surface area contributed by atoms with Crippen molar-refractivity contribution in [3.8, 4) is 11.4 Å². The highest BCUT2D eigenvalue weighted by Crippen LogP contribution is 2.38. The molecule has 1 aromatic carbocycles. The number of hydrogen-bond donors (Lipinski definition) is 2. The minimum atomic E-state index is -0.502. The van der Waals surface area contributed by atoms with E-state index in [1.54, 1.807) is 12.1 Å². The molecule has 0 bridgehead atoms. The van der Waals surface area contributed by atoms with Gasteiger partial charge in [0.05, 0.1) is 10.8 Å². The molecule has 1 saturated carbocycles. The molecule has 3 amide bonds. The Morgan fingerprint density at radius 1 is 1.20 bits per heavy atom. The molecule has 1 aliphatic rings. The maximum absolute atomic E-state index is 12.2. The molecule has 1 aromatic heterocycles. The summed E-state index contributed by atoms with van der Waals surface area (Å²) < 4.78 is 2.08. The first-order valence-corrected chi connectivity index (χ1v) is 11.7. The molecule has 0 radical (unpaired) electrons. The number of carbonyl (C=O) groups excluding carboxylic acids is 2. The fraction of sp³-hybridized carbons (Fsp3) is 0.500. The lowest BCUT2D eigenvalue weighted by Gasteiger charge is -2.25. The lowest BCUT2D eigenvalue weighted by Crippen LogP contribution is -2.43. The maximum Gasteiger partial charge on any atom is 0.321 e. The molecule has 2 aromatic rings. The topological polar surface area (TPSA) is 88.9 Å². The summed E-state index contributed by atoms with van der Waals surface area (Å²) in [6, 6.07) is 4.99. The third-order valence-corrected chi connectivity index (χ3v) is 6.27. The number of nitrogens with one attached hydrogen (secondary N) is 2. The fourth-order valence-corrected chi connectivity index (χ4v) is 4.79. The summed E-state index contributed by atoms with van der Waals surface area (Å²) >= 11 is 13.7. The predicted molar refractivity (Wildman–Crippen MR) is 120 cm³/mol. The standard InChI is InChI=1S/C20H25Cl2N5O2S/c1-12(2)23-19(29)24-17(28)11-30-20-26-25-18(15-9-8-13(21)10-16(15)22)27(20)14-6-4-3-5-7-14/h8-10,12,14H,3-7,11H2,1-2H3,(H2,23,24,28,29). The molecule has 3 rings (SSSR count). The summed E-state index contributed by atoms with van der Waals surface area (Å²) in [6.07, 6.45) is 5.53. The Bertz CT molecular complexity index is 913. The zero-order valence-electron chi connectivity index (χ0n) is 17.0. The van der Waals surface area contributed by atoms with Crippen molar-refractivity contribution < 1.29 is 9.59 Å². The van der Waals surface area contributed by atoms with Gasteiger partial charge in [0.2, 0.25) is 5.91 Å². The fourth-order valence-electron chi connectivity index (χ4n) is 3.49. The summed E-state index contributed by atoms with van der Waals surface area (Å²) in [5.41, 5.74) is 0.756. The van der Waals surface area contributed by atoms with Crippen molar-refractivity contribution in [3.05, 3.63) is 28.2 Å². The van der Waals surface area contributed by atoms with Crippen LogP contribution >= 0.6 is 35.0 Å². The van der Waals surface area contributed by atoms with Crippen LogP contribution in [0, 0.1) is 0 Å². The number of thioether (sulfide) groups is 1. The monoisotopic (exact) mass is 469 g/mol. The summed E-state index contributed by atoms with van der Waals surface area (Å²) in [4.78, 5) is 23.9. The van der Waals surface area contributed by atoms with Crippen LogP contribution in [0.4, 0.5) is 4.79 Å². The Morgan fingerprint density at radius 3 is 2.60 bits per heavy atom. The smallest absolute Gasteiger partial charge is 0.321 e. The van der Waals surface area contributed by atoms with E-state index in [0.29, 0.717) is 21.0 Å². The second-order valence-corrected chi connectivity index (χ2v) is 9.34. The van der Waals surface area contributed by atoms with Gasteiger partial charge in [-0.1, -0.05) is 54.2 Å². The molecule has 0 atom stereocenters. The van der Waals surface area contributed by atoms with Gasteiger partial charge in [-0.3, -0.25) is 14.7 Å². The van der Waals surface area contributed by atoms with Crippen LogP contribution in [-0.2, 0) is 4.79 Å². The van der Waals surface area contributed by atoms with Crippen molar-refractivity contribution in [2.45, 2.75) is 63.2 Å². The van der Waals surface area contributed by atoms with E-state index in [4.69, 9.17) is 23.2 Å². The van der Waals surface area contributed by atoms with Crippen LogP contribution in [0.3, 0.4) is 0 Å². The molecule has 1 heterocycles. The molecular weight excluding hydrogens is 445 g/mol. The number of urea groups is 1. The minimum Gasteiger partial charge on any atom is -0.336 e. The Morgan fingerprint density at radius 2 is 1.93 bits per heavy atom. The summed E-state index contributed by atoms with van der Waals surface area (Å²) in [5.74, 6) is 0.344. The van der Waals surface area contributed by atoms with Crippen molar-refractivity contribution in [1.82, 2.24) is 25.4 Å². The molecule has 10 heteroatoms. The van der Waals surface area contributed by atoms with E-state index in [1.165, 1.54) is 18.2 Å². The van der Waals surface area contributed by atoms with Crippen LogP contribution in [0.5, 0.6) is 0 Å². The zero-order valence-corrected chi connectivity index (χ0v) is 19.3. The van der Waals surface area contributed by atoms with Gasteiger partial charge in [-0.05, 0) is 44.9 Å². The van der Waals surface area contributed by atoms with Crippen LogP contribution in [0.25, 0.3) is 11.4 Å². The number of nitrogens with zero attached hydrogens (tertiary/aromatic N) is 3. The molecule has 0 aliphatic heterocycles. The van der Waals surface area contributed by atoms with Gasteiger partial charge < -0.3 is 5.32 Å². The van der Waals surface area contributed by atoms with Crippen molar-refractivity contribution >= 4 is 46.9 Å². The Kier molecular flexibility index (Phi) is 8.02. The maximum atomic E-state index is 12.2.